The van der Waals surface area contributed by atoms with E-state index in [1.54, 1.807) is 12.1 Å². The Labute approximate surface area is 144 Å². The molecule has 0 saturated heterocycles. The molecule has 25 heavy (non-hydrogen) atoms. The zero-order valence-electron chi connectivity index (χ0n) is 13.3. The maximum Gasteiger partial charge on any atom is 0.292 e. The van der Waals surface area contributed by atoms with Crippen LogP contribution in [0.1, 0.15) is 12.2 Å². The van der Waals surface area contributed by atoms with Gasteiger partial charge >= 0.3 is 0 Å². The Bertz CT molecular complexity index is 887. The second-order valence-corrected chi connectivity index (χ2v) is 5.45. The first-order chi connectivity index (χ1) is 12.1. The molecule has 0 aliphatic rings. The van der Waals surface area contributed by atoms with Crippen molar-refractivity contribution in [2.45, 2.75) is 12.8 Å². The predicted molar refractivity (Wildman–Crippen MR) is 94.2 cm³/mol. The number of amides is 1. The number of anilines is 1. The molecule has 3 aromatic rings. The fraction of sp³-hybridized carbons (Fsp3) is 0.105. The summed E-state index contributed by atoms with van der Waals surface area (Å²) in [4.78, 5) is 22.5. The maximum atomic E-state index is 12.1. The Morgan fingerprint density at radius 2 is 1.72 bits per heavy atom. The van der Waals surface area contributed by atoms with E-state index in [0.717, 1.165) is 11.3 Å². The number of hydrogen-bond donors (Lipinski definition) is 1. The van der Waals surface area contributed by atoms with Crippen LogP contribution in [0.2, 0.25) is 0 Å². The number of carbonyl (C=O) groups excluding carboxylic acids is 1. The Hall–Kier alpha value is -3.41. The zero-order chi connectivity index (χ0) is 17.6. The fourth-order valence-corrected chi connectivity index (χ4v) is 2.46. The lowest BCUT2D eigenvalue weighted by molar-refractivity contribution is -0.383. The number of nitrogens with one attached hydrogen (secondary N) is 1. The minimum atomic E-state index is -0.520. The number of aryl methyl sites for hydroxylation is 1. The van der Waals surface area contributed by atoms with Crippen molar-refractivity contribution in [2.24, 2.45) is 0 Å². The van der Waals surface area contributed by atoms with Crippen LogP contribution < -0.4 is 5.32 Å². The van der Waals surface area contributed by atoms with Crippen molar-refractivity contribution < 1.29 is 14.1 Å². The van der Waals surface area contributed by atoms with Crippen LogP contribution in [0.5, 0.6) is 0 Å². The molecule has 1 N–H and O–H groups in total. The molecule has 0 aliphatic carbocycles. The van der Waals surface area contributed by atoms with Crippen molar-refractivity contribution in [1.82, 2.24) is 0 Å². The van der Waals surface area contributed by atoms with Gasteiger partial charge in [0.15, 0.2) is 0 Å². The van der Waals surface area contributed by atoms with E-state index in [1.807, 2.05) is 42.5 Å². The highest BCUT2D eigenvalue weighted by molar-refractivity contribution is 5.93. The molecule has 0 radical (unpaired) electrons. The molecule has 1 heterocycles. The maximum absolute atomic E-state index is 12.1. The quantitative estimate of drug-likeness (QED) is 0.533. The number of carbonyl (C=O) groups is 1. The SMILES string of the molecule is O=C(CCc1ccc(-c2ccccc2)o1)Nc1ccccc1[N+](=O)[O-]. The van der Waals surface area contributed by atoms with Crippen molar-refractivity contribution in [1.29, 1.82) is 0 Å². The third kappa shape index (κ3) is 4.11. The monoisotopic (exact) mass is 336 g/mol. The van der Waals surface area contributed by atoms with Gasteiger partial charge in [-0.25, -0.2) is 0 Å². The lowest BCUT2D eigenvalue weighted by Crippen LogP contribution is -2.13. The van der Waals surface area contributed by atoms with E-state index < -0.39 is 4.92 Å². The molecule has 6 heteroatoms. The number of nitrogens with zero attached hydrogens (tertiary/aromatic N) is 1. The van der Waals surface area contributed by atoms with E-state index in [0.29, 0.717) is 12.2 Å². The second kappa shape index (κ2) is 7.44. The lowest BCUT2D eigenvalue weighted by atomic mass is 10.2. The highest BCUT2D eigenvalue weighted by Gasteiger charge is 2.15. The summed E-state index contributed by atoms with van der Waals surface area (Å²) in [5.41, 5.74) is 1.04. The lowest BCUT2D eigenvalue weighted by Gasteiger charge is -2.05. The van der Waals surface area contributed by atoms with Crippen LogP contribution in [0.25, 0.3) is 11.3 Å². The molecule has 0 unspecified atom stereocenters. The van der Waals surface area contributed by atoms with E-state index in [2.05, 4.69) is 5.32 Å². The summed E-state index contributed by atoms with van der Waals surface area (Å²) in [5, 5.41) is 13.5. The van der Waals surface area contributed by atoms with Gasteiger partial charge < -0.3 is 9.73 Å². The first-order valence-corrected chi connectivity index (χ1v) is 7.81. The highest BCUT2D eigenvalue weighted by atomic mass is 16.6. The van der Waals surface area contributed by atoms with E-state index in [4.69, 9.17) is 4.42 Å². The third-order valence-electron chi connectivity index (χ3n) is 3.69. The third-order valence-corrected chi connectivity index (χ3v) is 3.69. The summed E-state index contributed by atoms with van der Waals surface area (Å²) in [6.45, 7) is 0. The molecule has 3 rings (SSSR count). The first-order valence-electron chi connectivity index (χ1n) is 7.81. The first kappa shape index (κ1) is 16.4. The molecule has 2 aromatic carbocycles. The molecular formula is C19H16N2O4. The summed E-state index contributed by atoms with van der Waals surface area (Å²) < 4.78 is 5.74. The van der Waals surface area contributed by atoms with Crippen molar-refractivity contribution in [2.75, 3.05) is 5.32 Å². The van der Waals surface area contributed by atoms with Gasteiger partial charge in [0, 0.05) is 24.5 Å². The van der Waals surface area contributed by atoms with Gasteiger partial charge in [0.2, 0.25) is 5.91 Å². The minimum absolute atomic E-state index is 0.125. The molecule has 0 atom stereocenters. The summed E-state index contributed by atoms with van der Waals surface area (Å²) in [6, 6.07) is 19.4. The Morgan fingerprint density at radius 3 is 2.48 bits per heavy atom. The minimum Gasteiger partial charge on any atom is -0.461 e. The fourth-order valence-electron chi connectivity index (χ4n) is 2.46. The predicted octanol–water partition coefficient (Wildman–Crippen LogP) is 4.43. The smallest absolute Gasteiger partial charge is 0.292 e. The molecule has 6 nitrogen and oxygen atoms in total. The average Bonchev–Trinajstić information content (AvgIpc) is 3.10. The average molecular weight is 336 g/mol. The Balaban J connectivity index is 1.60. The molecule has 0 fully saturated rings. The van der Waals surface area contributed by atoms with Gasteiger partial charge in [-0.2, -0.15) is 0 Å². The van der Waals surface area contributed by atoms with Crippen LogP contribution in [0, 0.1) is 10.1 Å². The summed E-state index contributed by atoms with van der Waals surface area (Å²) in [7, 11) is 0. The second-order valence-electron chi connectivity index (χ2n) is 5.45. The van der Waals surface area contributed by atoms with Crippen LogP contribution >= 0.6 is 0 Å². The highest BCUT2D eigenvalue weighted by Crippen LogP contribution is 2.24. The normalized spacial score (nSPS) is 10.4. The molecule has 126 valence electrons. The zero-order valence-corrected chi connectivity index (χ0v) is 13.3. The van der Waals surface area contributed by atoms with Crippen molar-refractivity contribution in [3.8, 4) is 11.3 Å². The van der Waals surface area contributed by atoms with Crippen LogP contribution in [0.3, 0.4) is 0 Å². The van der Waals surface area contributed by atoms with Gasteiger partial charge in [-0.15, -0.1) is 0 Å². The van der Waals surface area contributed by atoms with Gasteiger partial charge in [0.25, 0.3) is 5.69 Å². The summed E-state index contributed by atoms with van der Waals surface area (Å²) in [5.74, 6) is 1.14. The Morgan fingerprint density at radius 1 is 1.00 bits per heavy atom. The largest absolute Gasteiger partial charge is 0.461 e. The number of rotatable bonds is 6. The van der Waals surface area contributed by atoms with Crippen LogP contribution in [0.4, 0.5) is 11.4 Å². The number of nitro groups is 1. The molecule has 0 spiro atoms. The van der Waals surface area contributed by atoms with Crippen molar-refractivity contribution in [3.63, 3.8) is 0 Å². The molecule has 1 aromatic heterocycles. The molecule has 0 aliphatic heterocycles. The molecular weight excluding hydrogens is 320 g/mol. The van der Waals surface area contributed by atoms with E-state index in [9.17, 15) is 14.9 Å². The molecule has 1 amide bonds. The van der Waals surface area contributed by atoms with Gasteiger partial charge in [0.1, 0.15) is 17.2 Å². The van der Waals surface area contributed by atoms with Crippen LogP contribution in [-0.4, -0.2) is 10.8 Å². The van der Waals surface area contributed by atoms with E-state index in [-0.39, 0.29) is 23.7 Å². The number of furan rings is 1. The van der Waals surface area contributed by atoms with E-state index >= 15 is 0 Å². The number of nitro benzene ring substituents is 1. The summed E-state index contributed by atoms with van der Waals surface area (Å²) in [6.07, 6.45) is 0.590. The number of para-hydroxylation sites is 2. The molecule has 0 bridgehead atoms. The standard InChI is InChI=1S/C19H16N2O4/c22-19(20-16-8-4-5-9-17(16)21(23)24)13-11-15-10-12-18(25-15)14-6-2-1-3-7-14/h1-10,12H,11,13H2,(H,20,22). The molecule has 0 saturated carbocycles. The van der Waals surface area contributed by atoms with Crippen molar-refractivity contribution >= 4 is 17.3 Å². The van der Waals surface area contributed by atoms with Gasteiger partial charge in [-0.1, -0.05) is 42.5 Å². The Kier molecular flexibility index (Phi) is 4.89. The van der Waals surface area contributed by atoms with Gasteiger partial charge in [-0.3, -0.25) is 14.9 Å². The van der Waals surface area contributed by atoms with E-state index in [1.165, 1.54) is 12.1 Å². The number of hydrogen-bond acceptors (Lipinski definition) is 4. The number of benzene rings is 2. The van der Waals surface area contributed by atoms with Crippen LogP contribution in [0.15, 0.2) is 71.1 Å². The van der Waals surface area contributed by atoms with Crippen molar-refractivity contribution in [3.05, 3.63) is 82.6 Å². The topological polar surface area (TPSA) is 85.4 Å². The van der Waals surface area contributed by atoms with Crippen LogP contribution in [-0.2, 0) is 11.2 Å². The van der Waals surface area contributed by atoms with Gasteiger partial charge in [0.05, 0.1) is 4.92 Å². The summed E-state index contributed by atoms with van der Waals surface area (Å²) >= 11 is 0. The van der Waals surface area contributed by atoms with Gasteiger partial charge in [-0.05, 0) is 18.2 Å².